The van der Waals surface area contributed by atoms with Crippen LogP contribution in [0.25, 0.3) is 0 Å². The van der Waals surface area contributed by atoms with Gasteiger partial charge in [-0.15, -0.1) is 0 Å². The van der Waals surface area contributed by atoms with E-state index in [0.717, 1.165) is 43.0 Å². The number of nitrogens with one attached hydrogen (secondary N) is 2. The predicted octanol–water partition coefficient (Wildman–Crippen LogP) is 3.47. The Labute approximate surface area is 207 Å². The number of hydrogen-bond acceptors (Lipinski definition) is 9. The number of benzene rings is 1. The minimum absolute atomic E-state index is 0.0392. The van der Waals surface area contributed by atoms with Crippen molar-refractivity contribution < 1.29 is 32.9 Å². The Hall–Kier alpha value is -3.12. The normalized spacial score (nSPS) is 15.5. The molecule has 1 saturated heterocycles. The van der Waals surface area contributed by atoms with Crippen molar-refractivity contribution >= 4 is 28.5 Å². The molecule has 1 atom stereocenters. The van der Waals surface area contributed by atoms with Gasteiger partial charge in [0.15, 0.2) is 5.56 Å². The molecular formula is C23H31FN4O6S. The van der Waals surface area contributed by atoms with Gasteiger partial charge in [0.2, 0.25) is 5.88 Å². The van der Waals surface area contributed by atoms with Gasteiger partial charge >= 0.3 is 12.0 Å². The first kappa shape index (κ1) is 26.5. The number of carbonyl (C=O) groups excluding carboxylic acids is 2. The highest BCUT2D eigenvalue weighted by Crippen LogP contribution is 2.32. The van der Waals surface area contributed by atoms with Crippen molar-refractivity contribution in [3.63, 3.8) is 0 Å². The molecule has 0 unspecified atom stereocenters. The Balaban J connectivity index is 1.54. The number of alkyl halides is 1. The Bertz CT molecular complexity index is 982. The third kappa shape index (κ3) is 7.69. The Morgan fingerprint density at radius 1 is 1.17 bits per heavy atom. The number of nitrogens with zero attached hydrogens (tertiary/aromatic N) is 2. The first-order valence-electron chi connectivity index (χ1n) is 11.3. The standard InChI is InChI=1S/C23H31FN4O6S/c1-31-17-10-15(11-18(12-17)32-2)14-34-20-19(22(29)33-3)21(35-27-20)26-23(30)25-7-4-5-8-28-9-6-16(24)13-28/h10-12,16H,4-9,13-14H2,1-3H3,(H2,25,26,30)/t16-/m1/s1. The minimum atomic E-state index is -0.727. The molecule has 0 spiro atoms. The molecule has 35 heavy (non-hydrogen) atoms. The lowest BCUT2D eigenvalue weighted by molar-refractivity contribution is 0.0596. The Morgan fingerprint density at radius 2 is 1.91 bits per heavy atom. The van der Waals surface area contributed by atoms with Crippen molar-refractivity contribution in [2.75, 3.05) is 52.8 Å². The topological polar surface area (TPSA) is 111 Å². The molecule has 1 aromatic carbocycles. The van der Waals surface area contributed by atoms with Gasteiger partial charge in [-0.1, -0.05) is 0 Å². The van der Waals surface area contributed by atoms with Crippen LogP contribution < -0.4 is 24.8 Å². The summed E-state index contributed by atoms with van der Waals surface area (Å²) in [5, 5.41) is 5.62. The number of likely N-dealkylation sites (tertiary alicyclic amines) is 1. The third-order valence-corrected chi connectivity index (χ3v) is 6.21. The van der Waals surface area contributed by atoms with Crippen LogP contribution >= 0.6 is 11.5 Å². The van der Waals surface area contributed by atoms with Gasteiger partial charge < -0.3 is 29.2 Å². The van der Waals surface area contributed by atoms with Crippen molar-refractivity contribution in [1.82, 2.24) is 14.6 Å². The number of ether oxygens (including phenoxy) is 4. The molecule has 2 aromatic rings. The predicted molar refractivity (Wildman–Crippen MR) is 130 cm³/mol. The average Bonchev–Trinajstić information content (AvgIpc) is 3.47. The first-order chi connectivity index (χ1) is 16.9. The lowest BCUT2D eigenvalue weighted by Crippen LogP contribution is -2.30. The number of methoxy groups -OCH3 is 3. The van der Waals surface area contributed by atoms with Gasteiger partial charge in [-0.3, -0.25) is 5.32 Å². The first-order valence-corrected chi connectivity index (χ1v) is 12.0. The van der Waals surface area contributed by atoms with Crippen molar-refractivity contribution in [2.24, 2.45) is 0 Å². The van der Waals surface area contributed by atoms with Crippen LogP contribution in [0.5, 0.6) is 17.4 Å². The largest absolute Gasteiger partial charge is 0.497 e. The zero-order valence-corrected chi connectivity index (χ0v) is 20.9. The van der Waals surface area contributed by atoms with Gasteiger partial charge in [-0.2, -0.15) is 4.37 Å². The minimum Gasteiger partial charge on any atom is -0.497 e. The van der Waals surface area contributed by atoms with Crippen LogP contribution in [-0.2, 0) is 11.3 Å². The fraction of sp³-hybridized carbons (Fsp3) is 0.522. The monoisotopic (exact) mass is 510 g/mol. The van der Waals surface area contributed by atoms with Crippen LogP contribution in [0.3, 0.4) is 0 Å². The molecule has 1 aromatic heterocycles. The molecule has 0 bridgehead atoms. The number of rotatable bonds is 12. The van der Waals surface area contributed by atoms with Crippen molar-refractivity contribution in [2.45, 2.75) is 32.0 Å². The number of urea groups is 1. The summed E-state index contributed by atoms with van der Waals surface area (Å²) in [4.78, 5) is 26.8. The Morgan fingerprint density at radius 3 is 2.54 bits per heavy atom. The second-order valence-electron chi connectivity index (χ2n) is 7.97. The van der Waals surface area contributed by atoms with Crippen LogP contribution in [0.2, 0.25) is 0 Å². The van der Waals surface area contributed by atoms with Gasteiger partial charge in [0.25, 0.3) is 0 Å². The maximum absolute atomic E-state index is 13.2. The van der Waals surface area contributed by atoms with Crippen LogP contribution in [0.15, 0.2) is 18.2 Å². The number of esters is 1. The third-order valence-electron chi connectivity index (χ3n) is 5.47. The van der Waals surface area contributed by atoms with Gasteiger partial charge in [-0.05, 0) is 55.0 Å². The molecule has 1 aliphatic rings. The van der Waals surface area contributed by atoms with Crippen LogP contribution in [-0.4, -0.2) is 75.0 Å². The SMILES string of the molecule is COC(=O)c1c(OCc2cc(OC)cc(OC)c2)nsc1NC(=O)NCCCCN1CC[C@@H](F)C1. The lowest BCUT2D eigenvalue weighted by Gasteiger charge is -2.14. The van der Waals surface area contributed by atoms with E-state index in [2.05, 4.69) is 19.9 Å². The molecule has 1 fully saturated rings. The fourth-order valence-corrected chi connectivity index (χ4v) is 4.36. The molecule has 0 radical (unpaired) electrons. The number of anilines is 1. The summed E-state index contributed by atoms with van der Waals surface area (Å²) in [7, 11) is 4.34. The number of amides is 2. The number of halogens is 1. The molecule has 192 valence electrons. The van der Waals surface area contributed by atoms with Gasteiger partial charge in [0.05, 0.1) is 21.3 Å². The van der Waals surface area contributed by atoms with E-state index >= 15 is 0 Å². The van der Waals surface area contributed by atoms with Crippen LogP contribution in [0.4, 0.5) is 14.2 Å². The zero-order valence-electron chi connectivity index (χ0n) is 20.1. The smallest absolute Gasteiger partial charge is 0.346 e. The molecule has 0 saturated carbocycles. The van der Waals surface area contributed by atoms with E-state index in [9.17, 15) is 14.0 Å². The van der Waals surface area contributed by atoms with Crippen LogP contribution in [0, 0.1) is 0 Å². The number of carbonyl (C=O) groups is 2. The second-order valence-corrected chi connectivity index (χ2v) is 8.74. The van der Waals surface area contributed by atoms with Gasteiger partial charge in [-0.25, -0.2) is 14.0 Å². The fourth-order valence-electron chi connectivity index (χ4n) is 3.64. The summed E-state index contributed by atoms with van der Waals surface area (Å²) in [6.07, 6.45) is 1.48. The summed E-state index contributed by atoms with van der Waals surface area (Å²) in [6, 6.07) is 4.82. The van der Waals surface area contributed by atoms with E-state index in [1.807, 2.05) is 0 Å². The van der Waals surface area contributed by atoms with E-state index < -0.39 is 18.2 Å². The summed E-state index contributed by atoms with van der Waals surface area (Å²) in [5.74, 6) is 0.570. The molecule has 2 N–H and O–H groups in total. The van der Waals surface area contributed by atoms with Crippen molar-refractivity contribution in [3.05, 3.63) is 29.3 Å². The number of unbranched alkanes of at least 4 members (excludes halogenated alkanes) is 1. The van der Waals surface area contributed by atoms with E-state index in [0.29, 0.717) is 31.0 Å². The highest BCUT2D eigenvalue weighted by atomic mass is 32.1. The number of aromatic nitrogens is 1. The lowest BCUT2D eigenvalue weighted by atomic mass is 10.2. The molecule has 3 rings (SSSR count). The molecule has 10 nitrogen and oxygen atoms in total. The number of hydrogen-bond donors (Lipinski definition) is 2. The molecule has 1 aliphatic heterocycles. The van der Waals surface area contributed by atoms with Crippen LogP contribution in [0.1, 0.15) is 35.2 Å². The molecule has 2 amide bonds. The van der Waals surface area contributed by atoms with Crippen molar-refractivity contribution in [1.29, 1.82) is 0 Å². The van der Waals surface area contributed by atoms with Gasteiger partial charge in [0, 0.05) is 25.7 Å². The van der Waals surface area contributed by atoms with E-state index in [4.69, 9.17) is 18.9 Å². The van der Waals surface area contributed by atoms with Gasteiger partial charge in [0.1, 0.15) is 29.3 Å². The maximum Gasteiger partial charge on any atom is 0.346 e. The maximum atomic E-state index is 13.2. The summed E-state index contributed by atoms with van der Waals surface area (Å²) < 4.78 is 38.5. The summed E-state index contributed by atoms with van der Waals surface area (Å²) in [6.45, 7) is 2.63. The summed E-state index contributed by atoms with van der Waals surface area (Å²) in [5.41, 5.74) is 0.783. The highest BCUT2D eigenvalue weighted by Gasteiger charge is 2.25. The van der Waals surface area contributed by atoms with E-state index in [-0.39, 0.29) is 23.1 Å². The second kappa shape index (κ2) is 13.1. The quantitative estimate of drug-likeness (QED) is 0.330. The van der Waals surface area contributed by atoms with E-state index in [1.54, 1.807) is 32.4 Å². The zero-order chi connectivity index (χ0) is 25.2. The molecular weight excluding hydrogens is 479 g/mol. The molecule has 12 heteroatoms. The van der Waals surface area contributed by atoms with E-state index in [1.165, 1.54) is 7.11 Å². The van der Waals surface area contributed by atoms with Crippen molar-refractivity contribution in [3.8, 4) is 17.4 Å². The summed E-state index contributed by atoms with van der Waals surface area (Å²) >= 11 is 0.920. The average molecular weight is 511 g/mol. The highest BCUT2D eigenvalue weighted by molar-refractivity contribution is 7.11. The molecule has 0 aliphatic carbocycles. The molecule has 2 heterocycles. The Kier molecular flexibility index (Phi) is 9.91.